The molecule has 1 heterocycles. The van der Waals surface area contributed by atoms with Gasteiger partial charge >= 0.3 is 0 Å². The molecule has 1 saturated heterocycles. The largest absolute Gasteiger partial charge is 0.337 e. The molecule has 1 fully saturated rings. The molecule has 88 valence electrons. The Balaban J connectivity index is 2.57. The van der Waals surface area contributed by atoms with Gasteiger partial charge in [-0.15, -0.1) is 0 Å². The lowest BCUT2D eigenvalue weighted by Gasteiger charge is -2.39. The summed E-state index contributed by atoms with van der Waals surface area (Å²) in [4.78, 5) is 14.2. The van der Waals surface area contributed by atoms with Crippen LogP contribution in [0.3, 0.4) is 0 Å². The maximum absolute atomic E-state index is 12.1. The fourth-order valence-electron chi connectivity index (χ4n) is 1.97. The van der Waals surface area contributed by atoms with E-state index >= 15 is 0 Å². The van der Waals surface area contributed by atoms with Crippen molar-refractivity contribution in [1.82, 2.24) is 10.2 Å². The van der Waals surface area contributed by atoms with Crippen molar-refractivity contribution in [2.24, 2.45) is 5.92 Å². The average Bonchev–Trinajstić information content (AvgIpc) is 2.21. The number of piperazine rings is 1. The maximum atomic E-state index is 12.1. The second-order valence-electron chi connectivity index (χ2n) is 4.37. The smallest absolute Gasteiger partial charge is 0.226 e. The van der Waals surface area contributed by atoms with Gasteiger partial charge in [-0.25, -0.2) is 0 Å². The van der Waals surface area contributed by atoms with Crippen LogP contribution in [0.2, 0.25) is 0 Å². The highest BCUT2D eigenvalue weighted by molar-refractivity contribution is 7.98. The van der Waals surface area contributed by atoms with E-state index in [-0.39, 0.29) is 5.92 Å². The number of hydrogen-bond donors (Lipinski definition) is 1. The topological polar surface area (TPSA) is 32.3 Å². The normalized spacial score (nSPS) is 28.9. The number of thioether (sulfide) groups is 1. The fraction of sp³-hybridized carbons (Fsp3) is 0.909. The Labute approximate surface area is 97.0 Å². The van der Waals surface area contributed by atoms with Gasteiger partial charge in [-0.05, 0) is 20.1 Å². The van der Waals surface area contributed by atoms with Gasteiger partial charge in [0.25, 0.3) is 0 Å². The van der Waals surface area contributed by atoms with E-state index in [2.05, 4.69) is 19.2 Å². The van der Waals surface area contributed by atoms with Gasteiger partial charge in [0.2, 0.25) is 5.91 Å². The third kappa shape index (κ3) is 3.11. The Hall–Kier alpha value is -0.220. The monoisotopic (exact) mass is 230 g/mol. The van der Waals surface area contributed by atoms with Crippen molar-refractivity contribution in [2.75, 3.05) is 25.1 Å². The third-order valence-corrected chi connectivity index (χ3v) is 3.99. The van der Waals surface area contributed by atoms with Gasteiger partial charge < -0.3 is 10.2 Å². The Bertz CT molecular complexity index is 223. The second-order valence-corrected chi connectivity index (χ2v) is 5.28. The van der Waals surface area contributed by atoms with Gasteiger partial charge in [0.15, 0.2) is 0 Å². The zero-order valence-corrected chi connectivity index (χ0v) is 10.9. The molecule has 3 nitrogen and oxygen atoms in total. The molecule has 0 aromatic carbocycles. The van der Waals surface area contributed by atoms with Crippen LogP contribution >= 0.6 is 11.8 Å². The van der Waals surface area contributed by atoms with Crippen LogP contribution < -0.4 is 5.32 Å². The summed E-state index contributed by atoms with van der Waals surface area (Å²) in [6, 6.07) is 0.722. The summed E-state index contributed by atoms with van der Waals surface area (Å²) in [6.07, 6.45) is 2.05. The molecule has 0 aliphatic carbocycles. The first-order chi connectivity index (χ1) is 7.07. The van der Waals surface area contributed by atoms with Crippen molar-refractivity contribution >= 4 is 17.7 Å². The van der Waals surface area contributed by atoms with Gasteiger partial charge in [0.1, 0.15) is 0 Å². The molecule has 0 saturated carbocycles. The minimum absolute atomic E-state index is 0.146. The molecule has 0 bridgehead atoms. The molecule has 1 aliphatic heterocycles. The van der Waals surface area contributed by atoms with Crippen molar-refractivity contribution < 1.29 is 4.79 Å². The minimum Gasteiger partial charge on any atom is -0.337 e. The summed E-state index contributed by atoms with van der Waals surface area (Å²) in [7, 11) is 0. The first-order valence-electron chi connectivity index (χ1n) is 5.60. The van der Waals surface area contributed by atoms with Crippen LogP contribution in [0.4, 0.5) is 0 Å². The molecule has 3 unspecified atom stereocenters. The van der Waals surface area contributed by atoms with E-state index in [1.807, 2.05) is 18.1 Å². The number of rotatable bonds is 3. The molecule has 1 rings (SSSR count). The fourth-order valence-corrected chi connectivity index (χ4v) is 2.61. The predicted octanol–water partition coefficient (Wildman–Crippen LogP) is 1.19. The van der Waals surface area contributed by atoms with Crippen molar-refractivity contribution in [1.29, 1.82) is 0 Å². The van der Waals surface area contributed by atoms with E-state index in [0.717, 1.165) is 18.8 Å². The molecular weight excluding hydrogens is 208 g/mol. The molecule has 4 heteroatoms. The summed E-state index contributed by atoms with van der Waals surface area (Å²) in [5, 5.41) is 3.39. The number of amides is 1. The maximum Gasteiger partial charge on any atom is 0.226 e. The first kappa shape index (κ1) is 12.8. The zero-order valence-electron chi connectivity index (χ0n) is 10.1. The van der Waals surface area contributed by atoms with Gasteiger partial charge in [-0.2, -0.15) is 11.8 Å². The van der Waals surface area contributed by atoms with Crippen LogP contribution in [0, 0.1) is 5.92 Å². The van der Waals surface area contributed by atoms with Crippen molar-refractivity contribution in [3.8, 4) is 0 Å². The summed E-state index contributed by atoms with van der Waals surface area (Å²) < 4.78 is 0. The van der Waals surface area contributed by atoms with Gasteiger partial charge in [-0.3, -0.25) is 4.79 Å². The lowest BCUT2D eigenvalue weighted by atomic mass is 10.0. The number of carbonyl (C=O) groups excluding carboxylic acids is 1. The van der Waals surface area contributed by atoms with Crippen molar-refractivity contribution in [2.45, 2.75) is 32.9 Å². The van der Waals surface area contributed by atoms with Crippen LogP contribution in [0.25, 0.3) is 0 Å². The standard InChI is InChI=1S/C11H22N2OS/c1-8(7-15-4)11(14)13-6-5-12-9(2)10(13)3/h8-10,12H,5-7H2,1-4H3. The highest BCUT2D eigenvalue weighted by atomic mass is 32.2. The van der Waals surface area contributed by atoms with E-state index < -0.39 is 0 Å². The summed E-state index contributed by atoms with van der Waals surface area (Å²) in [5.41, 5.74) is 0. The van der Waals surface area contributed by atoms with E-state index in [1.165, 1.54) is 0 Å². The Morgan fingerprint density at radius 2 is 2.27 bits per heavy atom. The SMILES string of the molecule is CSCC(C)C(=O)N1CCNC(C)C1C. The quantitative estimate of drug-likeness (QED) is 0.790. The summed E-state index contributed by atoms with van der Waals surface area (Å²) in [6.45, 7) is 8.06. The molecule has 15 heavy (non-hydrogen) atoms. The molecule has 0 spiro atoms. The lowest BCUT2D eigenvalue weighted by molar-refractivity contribution is -0.138. The number of hydrogen-bond acceptors (Lipinski definition) is 3. The molecule has 3 atom stereocenters. The minimum atomic E-state index is 0.146. The van der Waals surface area contributed by atoms with E-state index in [1.54, 1.807) is 11.8 Å². The highest BCUT2D eigenvalue weighted by Crippen LogP contribution is 2.15. The van der Waals surface area contributed by atoms with Crippen LogP contribution in [-0.4, -0.2) is 48.0 Å². The Kier molecular flexibility index (Phi) is 4.93. The second kappa shape index (κ2) is 5.75. The molecule has 0 aromatic heterocycles. The number of nitrogens with one attached hydrogen (secondary N) is 1. The summed E-state index contributed by atoms with van der Waals surface area (Å²) >= 11 is 1.74. The highest BCUT2D eigenvalue weighted by Gasteiger charge is 2.30. The zero-order chi connectivity index (χ0) is 11.4. The molecule has 1 N–H and O–H groups in total. The molecule has 0 aromatic rings. The van der Waals surface area contributed by atoms with Crippen LogP contribution in [0.5, 0.6) is 0 Å². The predicted molar refractivity (Wildman–Crippen MR) is 66.2 cm³/mol. The van der Waals surface area contributed by atoms with E-state index in [9.17, 15) is 4.79 Å². The summed E-state index contributed by atoms with van der Waals surface area (Å²) in [5.74, 6) is 1.38. The van der Waals surface area contributed by atoms with E-state index in [0.29, 0.717) is 18.0 Å². The Morgan fingerprint density at radius 1 is 1.60 bits per heavy atom. The van der Waals surface area contributed by atoms with Crippen LogP contribution in [0.1, 0.15) is 20.8 Å². The molecule has 1 amide bonds. The number of nitrogens with zero attached hydrogens (tertiary/aromatic N) is 1. The van der Waals surface area contributed by atoms with Gasteiger partial charge in [0.05, 0.1) is 0 Å². The lowest BCUT2D eigenvalue weighted by Crippen LogP contribution is -2.58. The number of carbonyl (C=O) groups is 1. The van der Waals surface area contributed by atoms with Gasteiger partial charge in [-0.1, -0.05) is 6.92 Å². The molecule has 0 radical (unpaired) electrons. The van der Waals surface area contributed by atoms with Crippen molar-refractivity contribution in [3.63, 3.8) is 0 Å². The Morgan fingerprint density at radius 3 is 2.87 bits per heavy atom. The first-order valence-corrected chi connectivity index (χ1v) is 7.00. The molecule has 1 aliphatic rings. The van der Waals surface area contributed by atoms with Crippen molar-refractivity contribution in [3.05, 3.63) is 0 Å². The average molecular weight is 230 g/mol. The third-order valence-electron chi connectivity index (χ3n) is 3.16. The van der Waals surface area contributed by atoms with Gasteiger partial charge in [0, 0.05) is 36.8 Å². The molecular formula is C11H22N2OS. The van der Waals surface area contributed by atoms with E-state index in [4.69, 9.17) is 0 Å². The van der Waals surface area contributed by atoms with Crippen LogP contribution in [0.15, 0.2) is 0 Å². The van der Waals surface area contributed by atoms with Crippen LogP contribution in [-0.2, 0) is 4.79 Å².